The number of benzene rings is 1. The van der Waals surface area contributed by atoms with Crippen molar-refractivity contribution >= 4 is 11.7 Å². The molecule has 1 aromatic heterocycles. The predicted molar refractivity (Wildman–Crippen MR) is 79.8 cm³/mol. The van der Waals surface area contributed by atoms with Gasteiger partial charge in [0, 0.05) is 31.2 Å². The van der Waals surface area contributed by atoms with E-state index < -0.39 is 0 Å². The number of anilines is 1. The number of hydrogen-bond acceptors (Lipinski definition) is 2. The molecular formula is C15H20N4O. The van der Waals surface area contributed by atoms with Gasteiger partial charge in [-0.3, -0.25) is 4.68 Å². The fourth-order valence-corrected chi connectivity index (χ4v) is 2.00. The van der Waals surface area contributed by atoms with Crippen molar-refractivity contribution in [3.8, 4) is 0 Å². The molecular weight excluding hydrogens is 252 g/mol. The highest BCUT2D eigenvalue weighted by molar-refractivity contribution is 5.90. The number of nitrogens with one attached hydrogen (secondary N) is 2. The summed E-state index contributed by atoms with van der Waals surface area (Å²) in [5, 5.41) is 9.81. The van der Waals surface area contributed by atoms with Gasteiger partial charge in [-0.25, -0.2) is 4.79 Å². The molecule has 0 aliphatic rings. The lowest BCUT2D eigenvalue weighted by Crippen LogP contribution is -2.30. The number of aromatic nitrogens is 2. The molecule has 5 heteroatoms. The van der Waals surface area contributed by atoms with Crippen LogP contribution in [0.15, 0.2) is 36.7 Å². The van der Waals surface area contributed by atoms with Crippen LogP contribution in [0.1, 0.15) is 17.5 Å². The van der Waals surface area contributed by atoms with E-state index >= 15 is 0 Å². The van der Waals surface area contributed by atoms with Crippen molar-refractivity contribution in [2.45, 2.75) is 26.8 Å². The second-order valence-electron chi connectivity index (χ2n) is 4.82. The molecule has 20 heavy (non-hydrogen) atoms. The first-order chi connectivity index (χ1) is 9.65. The van der Waals surface area contributed by atoms with Gasteiger partial charge in [0.25, 0.3) is 0 Å². The Morgan fingerprint density at radius 1 is 1.35 bits per heavy atom. The van der Waals surface area contributed by atoms with E-state index in [1.54, 1.807) is 6.20 Å². The maximum absolute atomic E-state index is 11.8. The van der Waals surface area contributed by atoms with Crippen molar-refractivity contribution in [2.75, 3.05) is 11.9 Å². The van der Waals surface area contributed by atoms with E-state index in [4.69, 9.17) is 0 Å². The van der Waals surface area contributed by atoms with Crippen LogP contribution in [0.2, 0.25) is 0 Å². The molecule has 0 aliphatic heterocycles. The second-order valence-corrected chi connectivity index (χ2v) is 4.82. The molecule has 1 aromatic carbocycles. The normalized spacial score (nSPS) is 10.3. The molecule has 5 nitrogen and oxygen atoms in total. The van der Waals surface area contributed by atoms with E-state index in [9.17, 15) is 4.79 Å². The molecule has 2 N–H and O–H groups in total. The van der Waals surface area contributed by atoms with Crippen LogP contribution in [0.5, 0.6) is 0 Å². The molecule has 0 atom stereocenters. The Bertz CT molecular complexity index is 563. The van der Waals surface area contributed by atoms with Gasteiger partial charge in [-0.2, -0.15) is 5.10 Å². The van der Waals surface area contributed by atoms with Gasteiger partial charge in [0.2, 0.25) is 0 Å². The van der Waals surface area contributed by atoms with Gasteiger partial charge < -0.3 is 10.6 Å². The van der Waals surface area contributed by atoms with Gasteiger partial charge in [0.15, 0.2) is 0 Å². The summed E-state index contributed by atoms with van der Waals surface area (Å²) in [6, 6.07) is 7.68. The molecule has 0 saturated heterocycles. The van der Waals surface area contributed by atoms with Gasteiger partial charge in [-0.05, 0) is 38.0 Å². The molecule has 106 valence electrons. The first-order valence-corrected chi connectivity index (χ1v) is 6.75. The first-order valence-electron chi connectivity index (χ1n) is 6.75. The van der Waals surface area contributed by atoms with E-state index in [0.717, 1.165) is 24.2 Å². The average Bonchev–Trinajstić information content (AvgIpc) is 2.91. The Morgan fingerprint density at radius 2 is 2.20 bits per heavy atom. The number of amides is 2. The summed E-state index contributed by atoms with van der Waals surface area (Å²) in [4.78, 5) is 11.8. The van der Waals surface area contributed by atoms with Crippen LogP contribution in [0.25, 0.3) is 0 Å². The highest BCUT2D eigenvalue weighted by Crippen LogP contribution is 2.15. The first kappa shape index (κ1) is 14.1. The standard InChI is InChI=1S/C15H20N4O/c1-12-5-6-14(13(2)11-12)18-15(20)16-7-3-9-19-10-4-8-17-19/h4-6,8,10-11H,3,7,9H2,1-2H3,(H2,16,18,20). The molecule has 0 spiro atoms. The van der Waals surface area contributed by atoms with Gasteiger partial charge in [0.05, 0.1) is 0 Å². The molecule has 0 saturated carbocycles. The quantitative estimate of drug-likeness (QED) is 0.822. The van der Waals surface area contributed by atoms with Crippen molar-refractivity contribution in [2.24, 2.45) is 0 Å². The summed E-state index contributed by atoms with van der Waals surface area (Å²) in [6.45, 7) is 5.44. The Morgan fingerprint density at radius 3 is 2.90 bits per heavy atom. The Hall–Kier alpha value is -2.30. The molecule has 0 aliphatic carbocycles. The number of aryl methyl sites for hydroxylation is 3. The van der Waals surface area contributed by atoms with Crippen LogP contribution in [0.4, 0.5) is 10.5 Å². The SMILES string of the molecule is Cc1ccc(NC(=O)NCCCn2cccn2)c(C)c1. The molecule has 1 heterocycles. The van der Waals surface area contributed by atoms with Crippen molar-refractivity contribution in [3.05, 3.63) is 47.8 Å². The largest absolute Gasteiger partial charge is 0.338 e. The monoisotopic (exact) mass is 272 g/mol. The molecule has 0 bridgehead atoms. The minimum absolute atomic E-state index is 0.169. The maximum Gasteiger partial charge on any atom is 0.319 e. The number of hydrogen-bond donors (Lipinski definition) is 2. The van der Waals surface area contributed by atoms with Crippen LogP contribution in [0.3, 0.4) is 0 Å². The van der Waals surface area contributed by atoms with Crippen molar-refractivity contribution < 1.29 is 4.79 Å². The van der Waals surface area contributed by atoms with Gasteiger partial charge in [0.1, 0.15) is 0 Å². The third kappa shape index (κ3) is 4.12. The third-order valence-electron chi connectivity index (χ3n) is 3.04. The number of carbonyl (C=O) groups is 1. The van der Waals surface area contributed by atoms with E-state index in [2.05, 4.69) is 15.7 Å². The second kappa shape index (κ2) is 6.75. The molecule has 0 fully saturated rings. The highest BCUT2D eigenvalue weighted by Gasteiger charge is 2.03. The zero-order valence-corrected chi connectivity index (χ0v) is 11.9. The van der Waals surface area contributed by atoms with E-state index in [1.165, 1.54) is 5.56 Å². The Balaban J connectivity index is 1.72. The summed E-state index contributed by atoms with van der Waals surface area (Å²) < 4.78 is 1.85. The van der Waals surface area contributed by atoms with E-state index in [0.29, 0.717) is 6.54 Å². The van der Waals surface area contributed by atoms with Gasteiger partial charge in [-0.15, -0.1) is 0 Å². The van der Waals surface area contributed by atoms with Crippen LogP contribution in [-0.2, 0) is 6.54 Å². The summed E-state index contributed by atoms with van der Waals surface area (Å²) in [6.07, 6.45) is 4.51. The zero-order chi connectivity index (χ0) is 14.4. The summed E-state index contributed by atoms with van der Waals surface area (Å²) in [5.41, 5.74) is 3.10. The summed E-state index contributed by atoms with van der Waals surface area (Å²) >= 11 is 0. The fraction of sp³-hybridized carbons (Fsp3) is 0.333. The van der Waals surface area contributed by atoms with E-state index in [-0.39, 0.29) is 6.03 Å². The Labute approximate surface area is 119 Å². The maximum atomic E-state index is 11.8. The van der Waals surface area contributed by atoms with Crippen LogP contribution >= 0.6 is 0 Å². The lowest BCUT2D eigenvalue weighted by molar-refractivity contribution is 0.251. The molecule has 2 rings (SSSR count). The minimum atomic E-state index is -0.169. The number of urea groups is 1. The average molecular weight is 272 g/mol. The summed E-state index contributed by atoms with van der Waals surface area (Å²) in [7, 11) is 0. The van der Waals surface area contributed by atoms with Crippen LogP contribution in [-0.4, -0.2) is 22.4 Å². The zero-order valence-electron chi connectivity index (χ0n) is 11.9. The summed E-state index contributed by atoms with van der Waals surface area (Å²) in [5.74, 6) is 0. The van der Waals surface area contributed by atoms with Crippen molar-refractivity contribution in [3.63, 3.8) is 0 Å². The van der Waals surface area contributed by atoms with Crippen molar-refractivity contribution in [1.29, 1.82) is 0 Å². The molecule has 0 unspecified atom stereocenters. The topological polar surface area (TPSA) is 59.0 Å². The van der Waals surface area contributed by atoms with Crippen molar-refractivity contribution in [1.82, 2.24) is 15.1 Å². The molecule has 2 amide bonds. The highest BCUT2D eigenvalue weighted by atomic mass is 16.2. The lowest BCUT2D eigenvalue weighted by Gasteiger charge is -2.10. The van der Waals surface area contributed by atoms with Crippen LogP contribution < -0.4 is 10.6 Å². The number of nitrogens with zero attached hydrogens (tertiary/aromatic N) is 2. The minimum Gasteiger partial charge on any atom is -0.338 e. The molecule has 0 radical (unpaired) electrons. The van der Waals surface area contributed by atoms with Gasteiger partial charge >= 0.3 is 6.03 Å². The van der Waals surface area contributed by atoms with Crippen LogP contribution in [0, 0.1) is 13.8 Å². The smallest absolute Gasteiger partial charge is 0.319 e. The number of rotatable bonds is 5. The third-order valence-corrected chi connectivity index (χ3v) is 3.04. The fourth-order valence-electron chi connectivity index (χ4n) is 2.00. The lowest BCUT2D eigenvalue weighted by atomic mass is 10.1. The van der Waals surface area contributed by atoms with Gasteiger partial charge in [-0.1, -0.05) is 17.7 Å². The van der Waals surface area contributed by atoms with E-state index in [1.807, 2.05) is 49.0 Å². The number of carbonyl (C=O) groups excluding carboxylic acids is 1. The molecule has 2 aromatic rings. The predicted octanol–water partition coefficient (Wildman–Crippen LogP) is 2.71. The Kier molecular flexibility index (Phi) is 4.76.